The minimum Gasteiger partial charge on any atom is -0.324 e. The van der Waals surface area contributed by atoms with E-state index < -0.39 is 10.8 Å². The third-order valence-corrected chi connectivity index (χ3v) is 4.62. The van der Waals surface area contributed by atoms with Gasteiger partial charge in [0, 0.05) is 47.5 Å². The molecule has 0 amide bonds. The molecule has 1 atom stereocenters. The van der Waals surface area contributed by atoms with Gasteiger partial charge in [0.05, 0.1) is 0 Å². The molecule has 1 aliphatic carbocycles. The SMILES string of the molecule is CC(N)(CN1CCS(=O)CC1)C1CC1. The molecule has 1 saturated heterocycles. The van der Waals surface area contributed by atoms with Crippen molar-refractivity contribution in [2.75, 3.05) is 31.1 Å². The fourth-order valence-corrected chi connectivity index (χ4v) is 3.32. The first kappa shape index (κ1) is 10.6. The summed E-state index contributed by atoms with van der Waals surface area (Å²) in [5.41, 5.74) is 6.25. The predicted octanol–water partition coefficient (Wildman–Crippen LogP) is 0.178. The normalized spacial score (nSPS) is 30.1. The highest BCUT2D eigenvalue weighted by Crippen LogP contribution is 2.38. The second-order valence-corrected chi connectivity index (χ2v) is 6.60. The minimum atomic E-state index is -0.567. The first-order valence-corrected chi connectivity index (χ1v) is 6.93. The number of hydrogen-bond donors (Lipinski definition) is 1. The molecule has 1 heterocycles. The Kier molecular flexibility index (Phi) is 2.96. The Morgan fingerprint density at radius 2 is 2.00 bits per heavy atom. The Morgan fingerprint density at radius 3 is 2.50 bits per heavy atom. The molecule has 0 bridgehead atoms. The predicted molar refractivity (Wildman–Crippen MR) is 59.6 cm³/mol. The maximum Gasteiger partial charge on any atom is 0.0363 e. The molecule has 0 aromatic carbocycles. The average Bonchev–Trinajstić information content (AvgIpc) is 2.91. The molecule has 0 radical (unpaired) electrons. The summed E-state index contributed by atoms with van der Waals surface area (Å²) in [5, 5.41) is 0. The van der Waals surface area contributed by atoms with Crippen molar-refractivity contribution < 1.29 is 4.21 Å². The zero-order chi connectivity index (χ0) is 10.2. The van der Waals surface area contributed by atoms with Crippen molar-refractivity contribution in [3.63, 3.8) is 0 Å². The summed E-state index contributed by atoms with van der Waals surface area (Å²) in [7, 11) is -0.567. The first-order chi connectivity index (χ1) is 6.58. The van der Waals surface area contributed by atoms with Crippen LogP contribution < -0.4 is 5.73 Å². The number of nitrogens with two attached hydrogens (primary N) is 1. The highest BCUT2D eigenvalue weighted by atomic mass is 32.2. The van der Waals surface area contributed by atoms with Gasteiger partial charge in [-0.2, -0.15) is 0 Å². The summed E-state index contributed by atoms with van der Waals surface area (Å²) in [6.07, 6.45) is 2.60. The van der Waals surface area contributed by atoms with Crippen molar-refractivity contribution in [3.05, 3.63) is 0 Å². The molecule has 82 valence electrons. The van der Waals surface area contributed by atoms with Crippen LogP contribution in [0.2, 0.25) is 0 Å². The van der Waals surface area contributed by atoms with E-state index in [2.05, 4.69) is 11.8 Å². The highest BCUT2D eigenvalue weighted by Gasteiger charge is 2.39. The van der Waals surface area contributed by atoms with Gasteiger partial charge < -0.3 is 5.73 Å². The lowest BCUT2D eigenvalue weighted by molar-refractivity contribution is 0.217. The van der Waals surface area contributed by atoms with Gasteiger partial charge in [0.25, 0.3) is 0 Å². The molecule has 3 nitrogen and oxygen atoms in total. The lowest BCUT2D eigenvalue weighted by Gasteiger charge is -2.34. The van der Waals surface area contributed by atoms with Crippen LogP contribution in [-0.4, -0.2) is 45.8 Å². The Bertz CT molecular complexity index is 228. The summed E-state index contributed by atoms with van der Waals surface area (Å²) < 4.78 is 11.2. The van der Waals surface area contributed by atoms with Crippen molar-refractivity contribution in [2.24, 2.45) is 11.7 Å². The van der Waals surface area contributed by atoms with E-state index in [9.17, 15) is 4.21 Å². The third-order valence-electron chi connectivity index (χ3n) is 3.34. The maximum atomic E-state index is 11.2. The van der Waals surface area contributed by atoms with Crippen molar-refractivity contribution in [1.82, 2.24) is 4.90 Å². The fraction of sp³-hybridized carbons (Fsp3) is 1.00. The second kappa shape index (κ2) is 3.91. The van der Waals surface area contributed by atoms with Gasteiger partial charge in [0.2, 0.25) is 0 Å². The summed E-state index contributed by atoms with van der Waals surface area (Å²) in [5.74, 6) is 2.40. The van der Waals surface area contributed by atoms with Crippen molar-refractivity contribution >= 4 is 10.8 Å². The zero-order valence-corrected chi connectivity index (χ0v) is 9.68. The maximum absolute atomic E-state index is 11.2. The highest BCUT2D eigenvalue weighted by molar-refractivity contribution is 7.85. The van der Waals surface area contributed by atoms with E-state index in [0.29, 0.717) is 0 Å². The van der Waals surface area contributed by atoms with Gasteiger partial charge in [-0.1, -0.05) is 0 Å². The van der Waals surface area contributed by atoms with E-state index in [1.807, 2.05) is 0 Å². The van der Waals surface area contributed by atoms with Gasteiger partial charge in [0.15, 0.2) is 0 Å². The van der Waals surface area contributed by atoms with Gasteiger partial charge in [-0.3, -0.25) is 9.11 Å². The molecule has 1 aliphatic heterocycles. The van der Waals surface area contributed by atoms with E-state index in [1.165, 1.54) is 12.8 Å². The molecule has 0 aromatic rings. The number of nitrogens with zero attached hydrogens (tertiary/aromatic N) is 1. The molecule has 2 aliphatic rings. The van der Waals surface area contributed by atoms with Crippen LogP contribution in [0.1, 0.15) is 19.8 Å². The van der Waals surface area contributed by atoms with E-state index in [-0.39, 0.29) is 5.54 Å². The minimum absolute atomic E-state index is 0.0150. The molecule has 2 fully saturated rings. The van der Waals surface area contributed by atoms with Crippen LogP contribution >= 0.6 is 0 Å². The van der Waals surface area contributed by atoms with Crippen LogP contribution in [-0.2, 0) is 10.8 Å². The topological polar surface area (TPSA) is 46.3 Å². The van der Waals surface area contributed by atoms with E-state index in [1.54, 1.807) is 0 Å². The van der Waals surface area contributed by atoms with Crippen LogP contribution in [0.15, 0.2) is 0 Å². The van der Waals surface area contributed by atoms with Crippen LogP contribution in [0.3, 0.4) is 0 Å². The van der Waals surface area contributed by atoms with Crippen molar-refractivity contribution in [2.45, 2.75) is 25.3 Å². The molecule has 0 spiro atoms. The Morgan fingerprint density at radius 1 is 1.43 bits per heavy atom. The molecular weight excluding hydrogens is 196 g/mol. The van der Waals surface area contributed by atoms with Crippen LogP contribution in [0.25, 0.3) is 0 Å². The molecule has 2 N–H and O–H groups in total. The standard InChI is InChI=1S/C10H20N2OS/c1-10(11,9-2-3-9)8-12-4-6-14(13)7-5-12/h9H,2-8,11H2,1H3. The molecule has 1 saturated carbocycles. The molecular formula is C10H20N2OS. The third kappa shape index (κ3) is 2.55. The van der Waals surface area contributed by atoms with Gasteiger partial charge in [-0.15, -0.1) is 0 Å². The van der Waals surface area contributed by atoms with Gasteiger partial charge in [-0.05, 0) is 25.7 Å². The number of hydrogen-bond acceptors (Lipinski definition) is 3. The molecule has 4 heteroatoms. The molecule has 1 unspecified atom stereocenters. The first-order valence-electron chi connectivity index (χ1n) is 5.44. The average molecular weight is 216 g/mol. The zero-order valence-electron chi connectivity index (χ0n) is 8.87. The Balaban J connectivity index is 1.82. The monoisotopic (exact) mass is 216 g/mol. The quantitative estimate of drug-likeness (QED) is 0.732. The Hall–Kier alpha value is 0.0700. The molecule has 2 rings (SSSR count). The van der Waals surface area contributed by atoms with Gasteiger partial charge >= 0.3 is 0 Å². The van der Waals surface area contributed by atoms with Crippen molar-refractivity contribution in [1.29, 1.82) is 0 Å². The Labute approximate surface area is 88.5 Å². The lowest BCUT2D eigenvalue weighted by Crippen LogP contribution is -2.52. The van der Waals surface area contributed by atoms with Crippen LogP contribution in [0.5, 0.6) is 0 Å². The number of rotatable bonds is 3. The van der Waals surface area contributed by atoms with Gasteiger partial charge in [0.1, 0.15) is 0 Å². The smallest absolute Gasteiger partial charge is 0.0363 e. The van der Waals surface area contributed by atoms with Crippen LogP contribution in [0.4, 0.5) is 0 Å². The summed E-state index contributed by atoms with van der Waals surface area (Å²) in [6, 6.07) is 0. The van der Waals surface area contributed by atoms with Gasteiger partial charge in [-0.25, -0.2) is 0 Å². The second-order valence-electron chi connectivity index (χ2n) is 4.90. The molecule has 14 heavy (non-hydrogen) atoms. The fourth-order valence-electron chi connectivity index (χ4n) is 2.19. The van der Waals surface area contributed by atoms with Crippen molar-refractivity contribution in [3.8, 4) is 0 Å². The summed E-state index contributed by atoms with van der Waals surface area (Å²) in [4.78, 5) is 2.37. The summed E-state index contributed by atoms with van der Waals surface area (Å²) >= 11 is 0. The van der Waals surface area contributed by atoms with E-state index >= 15 is 0 Å². The van der Waals surface area contributed by atoms with E-state index in [4.69, 9.17) is 5.73 Å². The van der Waals surface area contributed by atoms with Crippen LogP contribution in [0, 0.1) is 5.92 Å². The van der Waals surface area contributed by atoms with E-state index in [0.717, 1.165) is 37.1 Å². The molecule has 0 aromatic heterocycles. The summed E-state index contributed by atoms with van der Waals surface area (Å²) in [6.45, 7) is 5.07. The largest absolute Gasteiger partial charge is 0.324 e. The lowest BCUT2D eigenvalue weighted by atomic mass is 9.96.